The van der Waals surface area contributed by atoms with Gasteiger partial charge in [-0.3, -0.25) is 10.1 Å². The van der Waals surface area contributed by atoms with Gasteiger partial charge in [0, 0.05) is 6.04 Å². The summed E-state index contributed by atoms with van der Waals surface area (Å²) < 4.78 is 23.9. The number of carbonyl (C=O) groups is 1. The lowest BCUT2D eigenvalue weighted by molar-refractivity contribution is -0.139. The molecule has 5 nitrogen and oxygen atoms in total. The summed E-state index contributed by atoms with van der Waals surface area (Å²) in [7, 11) is -3.36. The van der Waals surface area contributed by atoms with Crippen LogP contribution in [-0.4, -0.2) is 37.0 Å². The van der Waals surface area contributed by atoms with Crippen molar-refractivity contribution in [2.24, 2.45) is 0 Å². The summed E-state index contributed by atoms with van der Waals surface area (Å²) in [6.45, 7) is 5.83. The van der Waals surface area contributed by atoms with Crippen molar-refractivity contribution in [1.82, 2.24) is 5.32 Å². The molecular weight excluding hydrogens is 278 g/mol. The van der Waals surface area contributed by atoms with Crippen molar-refractivity contribution in [2.75, 3.05) is 11.5 Å². The third kappa shape index (κ3) is 3.02. The number of rotatable bonds is 2. The van der Waals surface area contributed by atoms with Crippen LogP contribution >= 0.6 is 0 Å². The Kier molecular flexibility index (Phi) is 3.88. The molecule has 2 N–H and O–H groups in total. The second-order valence-electron chi connectivity index (χ2n) is 5.50. The molecule has 1 aliphatic heterocycles. The van der Waals surface area contributed by atoms with Gasteiger partial charge >= 0.3 is 5.97 Å². The number of hydrogen-bond acceptors (Lipinski definition) is 4. The number of carboxylic acid groups (broad SMARTS) is 1. The number of aryl methyl sites for hydroxylation is 3. The predicted molar refractivity (Wildman–Crippen MR) is 76.6 cm³/mol. The Balaban J connectivity index is 2.44. The van der Waals surface area contributed by atoms with E-state index in [1.165, 1.54) is 0 Å². The van der Waals surface area contributed by atoms with Gasteiger partial charge in [0.2, 0.25) is 0 Å². The first-order chi connectivity index (χ1) is 9.19. The van der Waals surface area contributed by atoms with Crippen molar-refractivity contribution in [1.29, 1.82) is 0 Å². The fraction of sp³-hybridized carbons (Fsp3) is 0.500. The Morgan fingerprint density at radius 3 is 2.25 bits per heavy atom. The van der Waals surface area contributed by atoms with Gasteiger partial charge in [-0.2, -0.15) is 0 Å². The van der Waals surface area contributed by atoms with Gasteiger partial charge in [0.15, 0.2) is 9.84 Å². The van der Waals surface area contributed by atoms with Crippen LogP contribution in [0.15, 0.2) is 12.1 Å². The molecule has 1 aromatic carbocycles. The third-order valence-electron chi connectivity index (χ3n) is 3.63. The fourth-order valence-electron chi connectivity index (χ4n) is 2.97. The lowest BCUT2D eigenvalue weighted by atomic mass is 9.94. The standard InChI is InChI=1S/C14H19NO4S/c1-8-4-9(2)13(10(3)5-8)11-6-20(18,19)7-12(15-11)14(16)17/h4-5,11-12,15H,6-7H2,1-3H3,(H,16,17). The van der Waals surface area contributed by atoms with E-state index in [1.807, 2.05) is 32.9 Å². The zero-order valence-electron chi connectivity index (χ0n) is 11.8. The molecule has 0 aliphatic carbocycles. The Bertz CT molecular complexity index is 628. The molecule has 110 valence electrons. The average Bonchev–Trinajstić information content (AvgIpc) is 2.24. The van der Waals surface area contributed by atoms with Crippen LogP contribution in [0.1, 0.15) is 28.3 Å². The highest BCUT2D eigenvalue weighted by atomic mass is 32.2. The number of aliphatic carboxylic acids is 1. The van der Waals surface area contributed by atoms with E-state index >= 15 is 0 Å². The zero-order valence-corrected chi connectivity index (χ0v) is 12.6. The first kappa shape index (κ1) is 15.0. The van der Waals surface area contributed by atoms with E-state index in [0.29, 0.717) is 0 Å². The van der Waals surface area contributed by atoms with E-state index in [-0.39, 0.29) is 11.5 Å². The number of carboxylic acids is 1. The Labute approximate surface area is 118 Å². The van der Waals surface area contributed by atoms with Gasteiger partial charge in [-0.15, -0.1) is 0 Å². The smallest absolute Gasteiger partial charge is 0.321 e. The average molecular weight is 297 g/mol. The molecule has 0 spiro atoms. The van der Waals surface area contributed by atoms with Crippen LogP contribution in [0.2, 0.25) is 0 Å². The Hall–Kier alpha value is -1.40. The van der Waals surface area contributed by atoms with Gasteiger partial charge in [-0.05, 0) is 37.5 Å². The molecule has 20 heavy (non-hydrogen) atoms. The van der Waals surface area contributed by atoms with Crippen molar-refractivity contribution < 1.29 is 18.3 Å². The van der Waals surface area contributed by atoms with Crippen LogP contribution in [-0.2, 0) is 14.6 Å². The molecule has 2 atom stereocenters. The summed E-state index contributed by atoms with van der Waals surface area (Å²) in [6.07, 6.45) is 0. The second kappa shape index (κ2) is 5.18. The van der Waals surface area contributed by atoms with E-state index in [1.54, 1.807) is 0 Å². The minimum atomic E-state index is -3.36. The summed E-state index contributed by atoms with van der Waals surface area (Å²) >= 11 is 0. The molecule has 2 unspecified atom stereocenters. The molecule has 1 fully saturated rings. The van der Waals surface area contributed by atoms with Crippen molar-refractivity contribution in [3.63, 3.8) is 0 Å². The quantitative estimate of drug-likeness (QED) is 0.855. The molecule has 0 saturated carbocycles. The SMILES string of the molecule is Cc1cc(C)c(C2CS(=O)(=O)CC(C(=O)O)N2)c(C)c1. The molecule has 0 radical (unpaired) electrons. The van der Waals surface area contributed by atoms with Gasteiger partial charge in [-0.25, -0.2) is 8.42 Å². The minimum Gasteiger partial charge on any atom is -0.480 e. The van der Waals surface area contributed by atoms with Crippen LogP contribution in [0.5, 0.6) is 0 Å². The molecule has 2 rings (SSSR count). The lowest BCUT2D eigenvalue weighted by Crippen LogP contribution is -2.51. The Morgan fingerprint density at radius 1 is 1.20 bits per heavy atom. The van der Waals surface area contributed by atoms with Crippen molar-refractivity contribution in [3.05, 3.63) is 34.4 Å². The van der Waals surface area contributed by atoms with E-state index in [2.05, 4.69) is 5.32 Å². The van der Waals surface area contributed by atoms with Crippen LogP contribution in [0.4, 0.5) is 0 Å². The molecule has 6 heteroatoms. The normalized spacial score (nSPS) is 25.4. The van der Waals surface area contributed by atoms with E-state index in [9.17, 15) is 13.2 Å². The van der Waals surface area contributed by atoms with Crippen molar-refractivity contribution in [3.8, 4) is 0 Å². The molecule has 1 aliphatic rings. The molecule has 1 aromatic rings. The van der Waals surface area contributed by atoms with Gasteiger partial charge in [0.25, 0.3) is 0 Å². The summed E-state index contributed by atoms with van der Waals surface area (Å²) in [5.41, 5.74) is 3.98. The summed E-state index contributed by atoms with van der Waals surface area (Å²) in [5, 5.41) is 12.0. The highest BCUT2D eigenvalue weighted by Crippen LogP contribution is 2.28. The maximum Gasteiger partial charge on any atom is 0.321 e. The number of sulfone groups is 1. The van der Waals surface area contributed by atoms with E-state index in [4.69, 9.17) is 5.11 Å². The van der Waals surface area contributed by atoms with Gasteiger partial charge in [-0.1, -0.05) is 17.7 Å². The van der Waals surface area contributed by atoms with Crippen molar-refractivity contribution >= 4 is 15.8 Å². The Morgan fingerprint density at radius 2 is 1.75 bits per heavy atom. The predicted octanol–water partition coefficient (Wildman–Crippen LogP) is 1.12. The second-order valence-corrected chi connectivity index (χ2v) is 7.65. The minimum absolute atomic E-state index is 0.0540. The topological polar surface area (TPSA) is 83.5 Å². The van der Waals surface area contributed by atoms with Gasteiger partial charge in [0.1, 0.15) is 6.04 Å². The summed E-state index contributed by atoms with van der Waals surface area (Å²) in [6, 6.07) is 2.47. The number of hydrogen-bond donors (Lipinski definition) is 2. The zero-order chi connectivity index (χ0) is 15.1. The molecule has 1 saturated heterocycles. The molecule has 0 aromatic heterocycles. The first-order valence-electron chi connectivity index (χ1n) is 6.46. The highest BCUT2D eigenvalue weighted by molar-refractivity contribution is 7.91. The van der Waals surface area contributed by atoms with Gasteiger partial charge in [0.05, 0.1) is 11.5 Å². The third-order valence-corrected chi connectivity index (χ3v) is 5.31. The van der Waals surface area contributed by atoms with E-state index < -0.39 is 27.9 Å². The van der Waals surface area contributed by atoms with Crippen molar-refractivity contribution in [2.45, 2.75) is 32.9 Å². The molecular formula is C14H19NO4S. The lowest BCUT2D eigenvalue weighted by Gasteiger charge is -2.31. The number of benzene rings is 1. The maximum atomic E-state index is 11.9. The molecule has 0 bridgehead atoms. The molecule has 1 heterocycles. The summed E-state index contributed by atoms with van der Waals surface area (Å²) in [4.78, 5) is 11.1. The fourth-order valence-corrected chi connectivity index (χ4v) is 4.62. The highest BCUT2D eigenvalue weighted by Gasteiger charge is 2.36. The largest absolute Gasteiger partial charge is 0.480 e. The van der Waals surface area contributed by atoms with Gasteiger partial charge < -0.3 is 5.11 Å². The van der Waals surface area contributed by atoms with Crippen LogP contribution in [0.25, 0.3) is 0 Å². The molecule has 0 amide bonds. The first-order valence-corrected chi connectivity index (χ1v) is 8.29. The number of nitrogens with one attached hydrogen (secondary N) is 1. The van der Waals surface area contributed by atoms with Crippen LogP contribution in [0.3, 0.4) is 0 Å². The van der Waals surface area contributed by atoms with Crippen LogP contribution in [0, 0.1) is 20.8 Å². The van der Waals surface area contributed by atoms with Crippen LogP contribution < -0.4 is 5.32 Å². The van der Waals surface area contributed by atoms with E-state index in [0.717, 1.165) is 22.3 Å². The monoisotopic (exact) mass is 297 g/mol. The maximum absolute atomic E-state index is 11.9. The summed E-state index contributed by atoms with van der Waals surface area (Å²) in [5.74, 6) is -1.52.